The zero-order chi connectivity index (χ0) is 11.0. The van der Waals surface area contributed by atoms with Gasteiger partial charge >= 0.3 is 0 Å². The molecule has 1 N–H and O–H groups in total. The van der Waals surface area contributed by atoms with Gasteiger partial charge in [-0.3, -0.25) is 4.40 Å². The number of rotatable bonds is 1. The highest BCUT2D eigenvalue weighted by molar-refractivity contribution is 5.46. The molecular weight excluding hydrogens is 204 g/mol. The van der Waals surface area contributed by atoms with Crippen LogP contribution in [0.15, 0.2) is 18.3 Å². The van der Waals surface area contributed by atoms with E-state index in [1.807, 2.05) is 29.7 Å². The van der Waals surface area contributed by atoms with Gasteiger partial charge in [-0.15, -0.1) is 10.2 Å². The van der Waals surface area contributed by atoms with Crippen molar-refractivity contribution in [1.82, 2.24) is 19.9 Å². The van der Waals surface area contributed by atoms with Crippen LogP contribution in [0.3, 0.4) is 0 Å². The first-order chi connectivity index (χ1) is 7.86. The van der Waals surface area contributed by atoms with E-state index in [9.17, 15) is 0 Å². The summed E-state index contributed by atoms with van der Waals surface area (Å²) in [6.07, 6.45) is 1.99. The number of aryl methyl sites for hydroxylation is 1. The molecular formula is C11H14N4O. The molecule has 1 atom stereocenters. The van der Waals surface area contributed by atoms with Gasteiger partial charge in [0.1, 0.15) is 0 Å². The van der Waals surface area contributed by atoms with Crippen molar-refractivity contribution in [3.05, 3.63) is 29.7 Å². The van der Waals surface area contributed by atoms with E-state index in [2.05, 4.69) is 15.5 Å². The number of pyridine rings is 1. The van der Waals surface area contributed by atoms with Crippen molar-refractivity contribution in [3.8, 4) is 0 Å². The Morgan fingerprint density at radius 1 is 1.50 bits per heavy atom. The van der Waals surface area contributed by atoms with Gasteiger partial charge in [-0.2, -0.15) is 0 Å². The minimum atomic E-state index is 0.144. The molecule has 1 saturated heterocycles. The second-order valence-electron chi connectivity index (χ2n) is 4.02. The fraction of sp³-hybridized carbons (Fsp3) is 0.455. The Morgan fingerprint density at radius 2 is 2.44 bits per heavy atom. The molecule has 2 aromatic rings. The summed E-state index contributed by atoms with van der Waals surface area (Å²) in [5.74, 6) is 0.929. The summed E-state index contributed by atoms with van der Waals surface area (Å²) in [7, 11) is 0. The molecule has 0 aromatic carbocycles. The average molecular weight is 218 g/mol. The highest BCUT2D eigenvalue weighted by atomic mass is 16.5. The van der Waals surface area contributed by atoms with Crippen LogP contribution < -0.4 is 5.32 Å². The van der Waals surface area contributed by atoms with Crippen LogP contribution in [0, 0.1) is 6.92 Å². The quantitative estimate of drug-likeness (QED) is 0.765. The van der Waals surface area contributed by atoms with Gasteiger partial charge < -0.3 is 10.1 Å². The summed E-state index contributed by atoms with van der Waals surface area (Å²) in [6, 6.07) is 4.20. The van der Waals surface area contributed by atoms with Gasteiger partial charge in [-0.05, 0) is 18.6 Å². The lowest BCUT2D eigenvalue weighted by Crippen LogP contribution is -2.35. The molecule has 84 valence electrons. The van der Waals surface area contributed by atoms with Gasteiger partial charge in [0.2, 0.25) is 0 Å². The van der Waals surface area contributed by atoms with Crippen LogP contribution >= 0.6 is 0 Å². The molecule has 2 aromatic heterocycles. The second-order valence-corrected chi connectivity index (χ2v) is 4.02. The van der Waals surface area contributed by atoms with E-state index in [4.69, 9.17) is 4.74 Å². The molecule has 0 aliphatic carbocycles. The first-order valence-electron chi connectivity index (χ1n) is 5.47. The first-order valence-corrected chi connectivity index (χ1v) is 5.47. The van der Waals surface area contributed by atoms with Crippen molar-refractivity contribution in [3.63, 3.8) is 0 Å². The molecule has 1 aliphatic heterocycles. The Bertz CT molecular complexity index is 502. The Labute approximate surface area is 93.4 Å². The molecule has 1 aliphatic rings. The Balaban J connectivity index is 2.06. The SMILES string of the molecule is Cc1cccn2c(C3COCCN3)nnc12. The van der Waals surface area contributed by atoms with E-state index in [0.29, 0.717) is 6.61 Å². The third-order valence-corrected chi connectivity index (χ3v) is 2.89. The first kappa shape index (κ1) is 9.74. The van der Waals surface area contributed by atoms with Crippen LogP contribution in [0.25, 0.3) is 5.65 Å². The maximum absolute atomic E-state index is 5.44. The summed E-state index contributed by atoms with van der Waals surface area (Å²) >= 11 is 0. The van der Waals surface area contributed by atoms with Gasteiger partial charge in [0.05, 0.1) is 19.3 Å². The molecule has 5 nitrogen and oxygen atoms in total. The van der Waals surface area contributed by atoms with Gasteiger partial charge in [0, 0.05) is 12.7 Å². The predicted octanol–water partition coefficient (Wildman–Crippen LogP) is 0.699. The number of fused-ring (bicyclic) bond motifs is 1. The van der Waals surface area contributed by atoms with Crippen LogP contribution in [-0.2, 0) is 4.74 Å². The molecule has 1 fully saturated rings. The molecule has 3 heterocycles. The standard InChI is InChI=1S/C11H14N4O/c1-8-3-2-5-15-10(8)13-14-11(15)9-7-16-6-4-12-9/h2-3,5,9,12H,4,6-7H2,1H3. The van der Waals surface area contributed by atoms with E-state index >= 15 is 0 Å². The van der Waals surface area contributed by atoms with E-state index < -0.39 is 0 Å². The molecule has 0 saturated carbocycles. The number of morpholine rings is 1. The van der Waals surface area contributed by atoms with Crippen molar-refractivity contribution in [2.24, 2.45) is 0 Å². The summed E-state index contributed by atoms with van der Waals surface area (Å²) in [4.78, 5) is 0. The fourth-order valence-electron chi connectivity index (χ4n) is 2.04. The number of nitrogens with one attached hydrogen (secondary N) is 1. The highest BCUT2D eigenvalue weighted by Crippen LogP contribution is 2.16. The molecule has 5 heteroatoms. The Morgan fingerprint density at radius 3 is 3.25 bits per heavy atom. The topological polar surface area (TPSA) is 51.5 Å². The predicted molar refractivity (Wildman–Crippen MR) is 59.3 cm³/mol. The lowest BCUT2D eigenvalue weighted by atomic mass is 10.2. The molecule has 0 radical (unpaired) electrons. The van der Waals surface area contributed by atoms with Crippen molar-refractivity contribution in [2.75, 3.05) is 19.8 Å². The number of aromatic nitrogens is 3. The van der Waals surface area contributed by atoms with Crippen LogP contribution in [0.4, 0.5) is 0 Å². The van der Waals surface area contributed by atoms with Gasteiger partial charge in [0.15, 0.2) is 11.5 Å². The minimum absolute atomic E-state index is 0.144. The molecule has 3 rings (SSSR count). The summed E-state index contributed by atoms with van der Waals surface area (Å²) < 4.78 is 7.47. The summed E-state index contributed by atoms with van der Waals surface area (Å²) in [6.45, 7) is 4.34. The molecule has 0 spiro atoms. The fourth-order valence-corrected chi connectivity index (χ4v) is 2.04. The number of nitrogens with zero attached hydrogens (tertiary/aromatic N) is 3. The average Bonchev–Trinajstić information content (AvgIpc) is 2.75. The maximum Gasteiger partial charge on any atom is 0.163 e. The van der Waals surface area contributed by atoms with Gasteiger partial charge in [-0.25, -0.2) is 0 Å². The van der Waals surface area contributed by atoms with E-state index in [1.165, 1.54) is 0 Å². The van der Waals surface area contributed by atoms with Crippen molar-refractivity contribution >= 4 is 5.65 Å². The van der Waals surface area contributed by atoms with Crippen molar-refractivity contribution < 1.29 is 4.74 Å². The monoisotopic (exact) mass is 218 g/mol. The normalized spacial score (nSPS) is 21.4. The van der Waals surface area contributed by atoms with Crippen molar-refractivity contribution in [2.45, 2.75) is 13.0 Å². The minimum Gasteiger partial charge on any atom is -0.378 e. The van der Waals surface area contributed by atoms with Crippen LogP contribution in [-0.4, -0.2) is 34.4 Å². The lowest BCUT2D eigenvalue weighted by Gasteiger charge is -2.22. The van der Waals surface area contributed by atoms with Crippen molar-refractivity contribution in [1.29, 1.82) is 0 Å². The largest absolute Gasteiger partial charge is 0.378 e. The van der Waals surface area contributed by atoms with Crippen LogP contribution in [0.2, 0.25) is 0 Å². The van der Waals surface area contributed by atoms with E-state index in [-0.39, 0.29) is 6.04 Å². The zero-order valence-electron chi connectivity index (χ0n) is 9.18. The van der Waals surface area contributed by atoms with Gasteiger partial charge in [-0.1, -0.05) is 6.07 Å². The second kappa shape index (κ2) is 3.84. The zero-order valence-corrected chi connectivity index (χ0v) is 9.18. The third kappa shape index (κ3) is 1.48. The van der Waals surface area contributed by atoms with Crippen LogP contribution in [0.1, 0.15) is 17.4 Å². The van der Waals surface area contributed by atoms with Crippen LogP contribution in [0.5, 0.6) is 0 Å². The summed E-state index contributed by atoms with van der Waals surface area (Å²) in [5.41, 5.74) is 2.06. The summed E-state index contributed by atoms with van der Waals surface area (Å²) in [5, 5.41) is 11.8. The number of hydrogen-bond acceptors (Lipinski definition) is 4. The van der Waals surface area contributed by atoms with Gasteiger partial charge in [0.25, 0.3) is 0 Å². The smallest absolute Gasteiger partial charge is 0.163 e. The molecule has 0 amide bonds. The molecule has 16 heavy (non-hydrogen) atoms. The van der Waals surface area contributed by atoms with E-state index in [1.54, 1.807) is 0 Å². The van der Waals surface area contributed by atoms with E-state index in [0.717, 1.165) is 30.2 Å². The Hall–Kier alpha value is -1.46. The number of ether oxygens (including phenoxy) is 1. The Kier molecular flexibility index (Phi) is 2.34. The molecule has 0 bridgehead atoms. The number of hydrogen-bond donors (Lipinski definition) is 1. The molecule has 1 unspecified atom stereocenters. The maximum atomic E-state index is 5.44. The third-order valence-electron chi connectivity index (χ3n) is 2.89. The lowest BCUT2D eigenvalue weighted by molar-refractivity contribution is 0.0739. The highest BCUT2D eigenvalue weighted by Gasteiger charge is 2.20.